The topological polar surface area (TPSA) is 89.8 Å². The molecule has 1 unspecified atom stereocenters. The number of aromatic amines is 1. The molecule has 1 atom stereocenters. The molecule has 0 saturated carbocycles. The van der Waals surface area contributed by atoms with Gasteiger partial charge >= 0.3 is 0 Å². The maximum Gasteiger partial charge on any atom is 0.246 e. The van der Waals surface area contributed by atoms with Gasteiger partial charge in [-0.15, -0.1) is 0 Å². The number of rotatable bonds is 3. The number of piperidine rings is 1. The number of nitriles is 1. The van der Waals surface area contributed by atoms with Crippen molar-refractivity contribution < 1.29 is 8.42 Å². The first kappa shape index (κ1) is 19.6. The molecule has 142 valence electrons. The lowest BCUT2D eigenvalue weighted by Crippen LogP contribution is -2.40. The summed E-state index contributed by atoms with van der Waals surface area (Å²) in [6, 6.07) is 9.44. The van der Waals surface area contributed by atoms with Gasteiger partial charge in [0.2, 0.25) is 10.0 Å². The van der Waals surface area contributed by atoms with Crippen LogP contribution in [0.2, 0.25) is 5.02 Å². The van der Waals surface area contributed by atoms with Crippen LogP contribution in [0.15, 0.2) is 34.7 Å². The summed E-state index contributed by atoms with van der Waals surface area (Å²) in [5, 5.41) is 17.0. The Labute approximate surface area is 164 Å². The van der Waals surface area contributed by atoms with Crippen molar-refractivity contribution in [2.75, 3.05) is 13.1 Å². The molecule has 1 aromatic carbocycles. The molecule has 2 heterocycles. The average molecular weight is 405 g/mol. The highest BCUT2D eigenvalue weighted by atomic mass is 35.5. The molecule has 0 amide bonds. The predicted molar refractivity (Wildman–Crippen MR) is 105 cm³/mol. The minimum Gasteiger partial charge on any atom is -0.281 e. The van der Waals surface area contributed by atoms with E-state index in [1.807, 2.05) is 19.1 Å². The maximum atomic E-state index is 13.1. The quantitative estimate of drug-likeness (QED) is 0.790. The van der Waals surface area contributed by atoms with E-state index < -0.39 is 10.0 Å². The number of hydrogen-bond donors (Lipinski definition) is 1. The lowest BCUT2D eigenvalue weighted by molar-refractivity contribution is 0.337. The van der Waals surface area contributed by atoms with E-state index in [9.17, 15) is 13.7 Å². The lowest BCUT2D eigenvalue weighted by atomic mass is 9.87. The zero-order valence-corrected chi connectivity index (χ0v) is 17.0. The SMILES string of the molecule is Cc1n[nH]c(C)c1S(=O)(=O)N1CC/C(=C(/C#N)c2ccc(Cl)cc2)C(C)C1. The molecule has 0 spiro atoms. The summed E-state index contributed by atoms with van der Waals surface area (Å²) >= 11 is 5.94. The van der Waals surface area contributed by atoms with Crippen LogP contribution in [0.25, 0.3) is 5.57 Å². The first-order valence-corrected chi connectivity index (χ1v) is 10.5. The Morgan fingerprint density at radius 2 is 2.00 bits per heavy atom. The Morgan fingerprint density at radius 1 is 1.33 bits per heavy atom. The molecule has 0 radical (unpaired) electrons. The van der Waals surface area contributed by atoms with Crippen LogP contribution in [0.1, 0.15) is 30.3 Å². The van der Waals surface area contributed by atoms with E-state index in [4.69, 9.17) is 11.6 Å². The van der Waals surface area contributed by atoms with Crippen molar-refractivity contribution in [3.8, 4) is 6.07 Å². The molecular weight excluding hydrogens is 384 g/mol. The molecule has 0 aliphatic carbocycles. The van der Waals surface area contributed by atoms with Crippen molar-refractivity contribution >= 4 is 27.2 Å². The molecule has 8 heteroatoms. The van der Waals surface area contributed by atoms with Crippen LogP contribution in [0.5, 0.6) is 0 Å². The summed E-state index contributed by atoms with van der Waals surface area (Å²) in [6.45, 7) is 6.02. The Morgan fingerprint density at radius 3 is 2.52 bits per heavy atom. The van der Waals surface area contributed by atoms with E-state index in [1.165, 1.54) is 4.31 Å². The second-order valence-electron chi connectivity index (χ2n) is 6.80. The number of aromatic nitrogens is 2. The number of halogens is 1. The van der Waals surface area contributed by atoms with Crippen molar-refractivity contribution in [3.63, 3.8) is 0 Å². The van der Waals surface area contributed by atoms with Crippen LogP contribution in [0.4, 0.5) is 0 Å². The van der Waals surface area contributed by atoms with Crippen molar-refractivity contribution in [2.24, 2.45) is 5.92 Å². The summed E-state index contributed by atoms with van der Waals surface area (Å²) in [5.41, 5.74) is 3.40. The molecular formula is C19H21ClN4O2S. The largest absolute Gasteiger partial charge is 0.281 e. The standard InChI is InChI=1S/C19H21ClN4O2S/c1-12-11-24(27(25,26)19-13(2)22-23-14(19)3)9-8-17(12)18(10-21)15-4-6-16(20)7-5-15/h4-7,12H,8-9,11H2,1-3H3,(H,22,23)/b18-17+. The zero-order valence-electron chi connectivity index (χ0n) is 15.5. The van der Waals surface area contributed by atoms with E-state index in [-0.39, 0.29) is 10.8 Å². The van der Waals surface area contributed by atoms with Gasteiger partial charge < -0.3 is 0 Å². The molecule has 2 aromatic rings. The molecule has 1 aliphatic rings. The van der Waals surface area contributed by atoms with E-state index in [1.54, 1.807) is 26.0 Å². The molecule has 0 bridgehead atoms. The van der Waals surface area contributed by atoms with Gasteiger partial charge in [0.25, 0.3) is 0 Å². The molecule has 1 aromatic heterocycles. The third-order valence-electron chi connectivity index (χ3n) is 4.93. The van der Waals surface area contributed by atoms with Gasteiger partial charge in [-0.1, -0.05) is 30.7 Å². The van der Waals surface area contributed by atoms with E-state index in [0.29, 0.717) is 41.5 Å². The number of benzene rings is 1. The summed E-state index contributed by atoms with van der Waals surface area (Å²) in [4.78, 5) is 0.250. The molecule has 6 nitrogen and oxygen atoms in total. The molecule has 27 heavy (non-hydrogen) atoms. The molecule has 1 fully saturated rings. The van der Waals surface area contributed by atoms with Crippen molar-refractivity contribution in [2.45, 2.75) is 32.1 Å². The summed E-state index contributed by atoms with van der Waals surface area (Å²) < 4.78 is 27.6. The van der Waals surface area contributed by atoms with Gasteiger partial charge in [-0.05, 0) is 49.5 Å². The number of hydrogen-bond acceptors (Lipinski definition) is 4. The molecule has 1 N–H and O–H groups in total. The van der Waals surface area contributed by atoms with Crippen molar-refractivity contribution in [1.82, 2.24) is 14.5 Å². The van der Waals surface area contributed by atoms with Crippen LogP contribution >= 0.6 is 11.6 Å². The van der Waals surface area contributed by atoms with Crippen molar-refractivity contribution in [3.05, 3.63) is 51.8 Å². The minimum atomic E-state index is -3.62. The average Bonchev–Trinajstić information content (AvgIpc) is 2.97. The fraction of sp³-hybridized carbons (Fsp3) is 0.368. The number of sulfonamides is 1. The maximum absolute atomic E-state index is 13.1. The fourth-order valence-electron chi connectivity index (χ4n) is 3.58. The number of H-pyrrole nitrogens is 1. The van der Waals surface area contributed by atoms with Gasteiger partial charge in [0.15, 0.2) is 0 Å². The monoisotopic (exact) mass is 404 g/mol. The number of allylic oxidation sites excluding steroid dienone is 1. The van der Waals surface area contributed by atoms with Crippen LogP contribution < -0.4 is 0 Å². The second kappa shape index (κ2) is 7.47. The summed E-state index contributed by atoms with van der Waals surface area (Å²) in [7, 11) is -3.62. The van der Waals surface area contributed by atoms with Crippen LogP contribution in [0, 0.1) is 31.1 Å². The Bertz CT molecular complexity index is 1010. The van der Waals surface area contributed by atoms with E-state index >= 15 is 0 Å². The van der Waals surface area contributed by atoms with E-state index in [0.717, 1.165) is 11.1 Å². The van der Waals surface area contributed by atoms with Crippen LogP contribution in [-0.2, 0) is 10.0 Å². The van der Waals surface area contributed by atoms with Gasteiger partial charge in [-0.2, -0.15) is 14.7 Å². The lowest BCUT2D eigenvalue weighted by Gasteiger charge is -2.33. The van der Waals surface area contributed by atoms with Gasteiger partial charge in [-0.25, -0.2) is 8.42 Å². The highest BCUT2D eigenvalue weighted by Crippen LogP contribution is 2.33. The minimum absolute atomic E-state index is 0.0635. The summed E-state index contributed by atoms with van der Waals surface area (Å²) in [5.74, 6) is -0.0635. The van der Waals surface area contributed by atoms with Crippen molar-refractivity contribution in [1.29, 1.82) is 5.26 Å². The van der Waals surface area contributed by atoms with Gasteiger partial charge in [0, 0.05) is 18.1 Å². The highest BCUT2D eigenvalue weighted by molar-refractivity contribution is 7.89. The Kier molecular flexibility index (Phi) is 5.43. The molecule has 1 aliphatic heterocycles. The van der Waals surface area contributed by atoms with Crippen LogP contribution in [0.3, 0.4) is 0 Å². The third-order valence-corrected chi connectivity index (χ3v) is 7.31. The predicted octanol–water partition coefficient (Wildman–Crippen LogP) is 3.69. The second-order valence-corrected chi connectivity index (χ2v) is 9.11. The van der Waals surface area contributed by atoms with Crippen LogP contribution in [-0.4, -0.2) is 36.0 Å². The van der Waals surface area contributed by atoms with E-state index in [2.05, 4.69) is 16.3 Å². The van der Waals surface area contributed by atoms with Gasteiger partial charge in [0.1, 0.15) is 4.90 Å². The number of nitrogens with zero attached hydrogens (tertiary/aromatic N) is 3. The smallest absolute Gasteiger partial charge is 0.246 e. The zero-order chi connectivity index (χ0) is 19.8. The normalized spacial score (nSPS) is 20.3. The third kappa shape index (κ3) is 3.65. The molecule has 3 rings (SSSR count). The van der Waals surface area contributed by atoms with Gasteiger partial charge in [0.05, 0.1) is 23.0 Å². The highest BCUT2D eigenvalue weighted by Gasteiger charge is 2.34. The summed E-state index contributed by atoms with van der Waals surface area (Å²) in [6.07, 6.45) is 0.516. The number of nitrogens with one attached hydrogen (secondary N) is 1. The number of aryl methyl sites for hydroxylation is 2. The van der Waals surface area contributed by atoms with Gasteiger partial charge in [-0.3, -0.25) is 5.10 Å². The fourth-order valence-corrected chi connectivity index (χ4v) is 5.56. The molecule has 1 saturated heterocycles. The Balaban J connectivity index is 1.91. The first-order valence-electron chi connectivity index (χ1n) is 8.66. The first-order chi connectivity index (χ1) is 12.8. The Hall–Kier alpha value is -2.14.